The first-order valence-corrected chi connectivity index (χ1v) is 12.4. The minimum absolute atomic E-state index is 0.0119. The lowest BCUT2D eigenvalue weighted by Crippen LogP contribution is -2.49. The molecule has 2 heterocycles. The normalized spacial score (nSPS) is 13.9. The molecule has 0 aliphatic carbocycles. The molecule has 1 aromatic heterocycles. The van der Waals surface area contributed by atoms with Crippen molar-refractivity contribution < 1.29 is 9.72 Å². The van der Waals surface area contributed by atoms with Crippen molar-refractivity contribution in [1.29, 1.82) is 0 Å². The molecule has 0 unspecified atom stereocenters. The number of unbranched alkanes of at least 4 members (excludes halogenated alkanes) is 1. The van der Waals surface area contributed by atoms with Crippen molar-refractivity contribution in [3.63, 3.8) is 0 Å². The smallest absolute Gasteiger partial charge is 0.269 e. The Balaban J connectivity index is 1.39. The summed E-state index contributed by atoms with van der Waals surface area (Å²) in [4.78, 5) is 45.0. The summed E-state index contributed by atoms with van der Waals surface area (Å²) in [6, 6.07) is 13.8. The van der Waals surface area contributed by atoms with Crippen molar-refractivity contribution >= 4 is 39.9 Å². The monoisotopic (exact) mass is 481 g/mol. The number of carbonyl (C=O) groups is 1. The van der Waals surface area contributed by atoms with Crippen molar-refractivity contribution in [2.75, 3.05) is 36.8 Å². The number of amides is 1. The number of nitro groups is 1. The van der Waals surface area contributed by atoms with Crippen LogP contribution in [-0.4, -0.2) is 57.2 Å². The summed E-state index contributed by atoms with van der Waals surface area (Å²) < 4.78 is 1.69. The van der Waals surface area contributed by atoms with E-state index in [2.05, 4.69) is 16.8 Å². The first-order valence-electron chi connectivity index (χ1n) is 11.4. The highest BCUT2D eigenvalue weighted by Crippen LogP contribution is 2.22. The summed E-state index contributed by atoms with van der Waals surface area (Å²) in [5.41, 5.74) is 1.55. The highest BCUT2D eigenvalue weighted by molar-refractivity contribution is 7.99. The van der Waals surface area contributed by atoms with Gasteiger partial charge in [0.25, 0.3) is 11.2 Å². The zero-order valence-corrected chi connectivity index (χ0v) is 19.9. The lowest BCUT2D eigenvalue weighted by molar-refractivity contribution is -0.384. The van der Waals surface area contributed by atoms with Crippen LogP contribution in [-0.2, 0) is 11.3 Å². The van der Waals surface area contributed by atoms with Crippen LogP contribution in [0, 0.1) is 10.1 Å². The third-order valence-corrected chi connectivity index (χ3v) is 6.91. The third kappa shape index (κ3) is 5.22. The van der Waals surface area contributed by atoms with Crippen LogP contribution in [0.25, 0.3) is 10.9 Å². The number of carbonyl (C=O) groups excluding carboxylic acids is 1. The van der Waals surface area contributed by atoms with Gasteiger partial charge in [0.15, 0.2) is 5.16 Å². The number of fused-ring (bicyclic) bond motifs is 1. The molecule has 1 aliphatic heterocycles. The lowest BCUT2D eigenvalue weighted by atomic mass is 10.2. The SMILES string of the molecule is CCCCn1c(SCC(=O)N2CCN(c3ccc([N+](=O)[O-])cc3)CC2)nc2ccccc2c1=O. The Bertz CT molecular complexity index is 1240. The average Bonchev–Trinajstić information content (AvgIpc) is 2.87. The van der Waals surface area contributed by atoms with Crippen LogP contribution in [0.5, 0.6) is 0 Å². The minimum atomic E-state index is -0.412. The van der Waals surface area contributed by atoms with Crippen LogP contribution in [0.2, 0.25) is 0 Å². The predicted octanol–water partition coefficient (Wildman–Crippen LogP) is 3.55. The molecule has 1 amide bonds. The number of para-hydroxylation sites is 1. The quantitative estimate of drug-likeness (QED) is 0.210. The van der Waals surface area contributed by atoms with E-state index in [1.165, 1.54) is 23.9 Å². The number of rotatable bonds is 8. The van der Waals surface area contributed by atoms with Crippen LogP contribution in [0.15, 0.2) is 58.5 Å². The summed E-state index contributed by atoms with van der Waals surface area (Å²) in [5, 5.41) is 12.0. The van der Waals surface area contributed by atoms with E-state index in [4.69, 9.17) is 0 Å². The second kappa shape index (κ2) is 10.7. The molecule has 9 nitrogen and oxygen atoms in total. The van der Waals surface area contributed by atoms with Gasteiger partial charge in [-0.1, -0.05) is 37.2 Å². The molecule has 0 N–H and O–H groups in total. The van der Waals surface area contributed by atoms with Gasteiger partial charge >= 0.3 is 0 Å². The fraction of sp³-hybridized carbons (Fsp3) is 0.375. The van der Waals surface area contributed by atoms with Crippen LogP contribution in [0.4, 0.5) is 11.4 Å². The van der Waals surface area contributed by atoms with Gasteiger partial charge in [-0.15, -0.1) is 0 Å². The van der Waals surface area contributed by atoms with Crippen LogP contribution in [0.1, 0.15) is 19.8 Å². The zero-order valence-electron chi connectivity index (χ0n) is 19.1. The van der Waals surface area contributed by atoms with E-state index in [1.807, 2.05) is 23.1 Å². The minimum Gasteiger partial charge on any atom is -0.368 e. The lowest BCUT2D eigenvalue weighted by Gasteiger charge is -2.36. The summed E-state index contributed by atoms with van der Waals surface area (Å²) in [7, 11) is 0. The Morgan fingerprint density at radius 1 is 1.09 bits per heavy atom. The molecular formula is C24H27N5O4S. The van der Waals surface area contributed by atoms with Gasteiger partial charge in [-0.3, -0.25) is 24.3 Å². The average molecular weight is 482 g/mol. The second-order valence-corrected chi connectivity index (χ2v) is 9.09. The fourth-order valence-electron chi connectivity index (χ4n) is 3.99. The number of thioether (sulfide) groups is 1. The van der Waals surface area contributed by atoms with E-state index in [1.54, 1.807) is 22.8 Å². The first-order chi connectivity index (χ1) is 16.5. The molecule has 34 heavy (non-hydrogen) atoms. The van der Waals surface area contributed by atoms with E-state index in [-0.39, 0.29) is 22.9 Å². The van der Waals surface area contributed by atoms with Gasteiger partial charge in [0.05, 0.1) is 21.6 Å². The van der Waals surface area contributed by atoms with Crippen molar-refractivity contribution in [2.24, 2.45) is 0 Å². The first kappa shape index (κ1) is 23.7. The Morgan fingerprint density at radius 3 is 2.47 bits per heavy atom. The van der Waals surface area contributed by atoms with Crippen LogP contribution < -0.4 is 10.5 Å². The van der Waals surface area contributed by atoms with E-state index in [0.29, 0.717) is 48.8 Å². The van der Waals surface area contributed by atoms with Gasteiger partial charge in [-0.2, -0.15) is 0 Å². The molecule has 1 saturated heterocycles. The molecular weight excluding hydrogens is 454 g/mol. The molecule has 0 atom stereocenters. The summed E-state index contributed by atoms with van der Waals surface area (Å²) in [6.45, 7) is 5.12. The number of anilines is 1. The summed E-state index contributed by atoms with van der Waals surface area (Å²) in [6.07, 6.45) is 1.83. The fourth-order valence-corrected chi connectivity index (χ4v) is 4.92. The van der Waals surface area contributed by atoms with Crippen molar-refractivity contribution in [3.8, 4) is 0 Å². The molecule has 10 heteroatoms. The number of nitrogens with zero attached hydrogens (tertiary/aromatic N) is 5. The van der Waals surface area contributed by atoms with E-state index >= 15 is 0 Å². The van der Waals surface area contributed by atoms with Crippen molar-refractivity contribution in [1.82, 2.24) is 14.5 Å². The third-order valence-electron chi connectivity index (χ3n) is 5.94. The molecule has 2 aromatic carbocycles. The topological polar surface area (TPSA) is 102 Å². The molecule has 0 bridgehead atoms. The maximum atomic E-state index is 13.0. The van der Waals surface area contributed by atoms with E-state index < -0.39 is 4.92 Å². The highest BCUT2D eigenvalue weighted by Gasteiger charge is 2.22. The largest absolute Gasteiger partial charge is 0.368 e. The number of benzene rings is 2. The maximum absolute atomic E-state index is 13.0. The molecule has 178 valence electrons. The Kier molecular flexibility index (Phi) is 7.46. The zero-order chi connectivity index (χ0) is 24.1. The highest BCUT2D eigenvalue weighted by atomic mass is 32.2. The molecule has 1 fully saturated rings. The Labute approximate surface area is 201 Å². The number of hydrogen-bond acceptors (Lipinski definition) is 7. The van der Waals surface area contributed by atoms with E-state index in [9.17, 15) is 19.7 Å². The van der Waals surface area contributed by atoms with Crippen molar-refractivity contribution in [2.45, 2.75) is 31.5 Å². The molecule has 3 aromatic rings. The van der Waals surface area contributed by atoms with Gasteiger partial charge in [-0.05, 0) is 30.7 Å². The summed E-state index contributed by atoms with van der Waals surface area (Å²) >= 11 is 1.31. The Hall–Kier alpha value is -3.40. The number of aromatic nitrogens is 2. The van der Waals surface area contributed by atoms with Crippen LogP contribution >= 0.6 is 11.8 Å². The van der Waals surface area contributed by atoms with E-state index in [0.717, 1.165) is 18.5 Å². The number of piperazine rings is 1. The second-order valence-electron chi connectivity index (χ2n) is 8.15. The maximum Gasteiger partial charge on any atom is 0.269 e. The summed E-state index contributed by atoms with van der Waals surface area (Å²) in [5.74, 6) is 0.229. The van der Waals surface area contributed by atoms with Crippen LogP contribution in [0.3, 0.4) is 0 Å². The molecule has 0 radical (unpaired) electrons. The van der Waals surface area contributed by atoms with Gasteiger partial charge < -0.3 is 9.80 Å². The molecule has 0 spiro atoms. The van der Waals surface area contributed by atoms with Crippen molar-refractivity contribution in [3.05, 3.63) is 69.0 Å². The Morgan fingerprint density at radius 2 is 1.79 bits per heavy atom. The number of hydrogen-bond donors (Lipinski definition) is 0. The molecule has 0 saturated carbocycles. The number of non-ortho nitro benzene ring substituents is 1. The van der Waals surface area contributed by atoms with Gasteiger partial charge in [0.2, 0.25) is 5.91 Å². The molecule has 1 aliphatic rings. The van der Waals surface area contributed by atoms with Gasteiger partial charge in [0.1, 0.15) is 0 Å². The molecule has 4 rings (SSSR count). The van der Waals surface area contributed by atoms with Gasteiger partial charge in [-0.25, -0.2) is 4.98 Å². The van der Waals surface area contributed by atoms with Gasteiger partial charge in [0, 0.05) is 50.5 Å². The predicted molar refractivity (Wildman–Crippen MR) is 134 cm³/mol. The standard InChI is InChI=1S/C24H27N5O4S/c1-2-3-12-28-23(31)20-6-4-5-7-21(20)25-24(28)34-17-22(30)27-15-13-26(14-16-27)18-8-10-19(11-9-18)29(32)33/h4-11H,2-3,12-17H2,1H3. The number of nitro benzene ring substituents is 1.